The third-order valence-corrected chi connectivity index (χ3v) is 3.51. The molecular formula is C13H15BrN2O5. The quantitative estimate of drug-likeness (QED) is 0.575. The van der Waals surface area contributed by atoms with E-state index in [9.17, 15) is 19.7 Å². The SMILES string of the molecule is CCCC[C@H](NC(=O)c1ccc([N+](=O)[O-])cc1Br)C(=O)O. The molecule has 0 heterocycles. The van der Waals surface area contributed by atoms with Gasteiger partial charge >= 0.3 is 5.97 Å². The molecule has 0 aliphatic heterocycles. The molecule has 1 amide bonds. The lowest BCUT2D eigenvalue weighted by atomic mass is 10.1. The van der Waals surface area contributed by atoms with Crippen molar-refractivity contribution in [3.8, 4) is 0 Å². The van der Waals surface area contributed by atoms with Gasteiger partial charge in [-0.25, -0.2) is 4.79 Å². The standard InChI is InChI=1S/C13H15BrN2O5/c1-2-3-4-11(13(18)19)15-12(17)9-6-5-8(16(20)21)7-10(9)14/h5-7,11H,2-4H2,1H3,(H,15,17)(H,18,19)/t11-/m0/s1. The number of halogens is 1. The summed E-state index contributed by atoms with van der Waals surface area (Å²) in [5.41, 5.74) is 0.00235. The molecule has 1 rings (SSSR count). The Morgan fingerprint density at radius 3 is 2.62 bits per heavy atom. The van der Waals surface area contributed by atoms with Gasteiger partial charge in [0.05, 0.1) is 10.5 Å². The summed E-state index contributed by atoms with van der Waals surface area (Å²) < 4.78 is 0.244. The van der Waals surface area contributed by atoms with Gasteiger partial charge in [0, 0.05) is 16.6 Å². The summed E-state index contributed by atoms with van der Waals surface area (Å²) in [7, 11) is 0. The predicted molar refractivity (Wildman–Crippen MR) is 79.2 cm³/mol. The number of carbonyl (C=O) groups excluding carboxylic acids is 1. The first-order chi connectivity index (χ1) is 9.86. The van der Waals surface area contributed by atoms with Crippen LogP contribution in [-0.4, -0.2) is 27.9 Å². The van der Waals surface area contributed by atoms with Crippen LogP contribution in [0.2, 0.25) is 0 Å². The Morgan fingerprint density at radius 2 is 2.14 bits per heavy atom. The van der Waals surface area contributed by atoms with Crippen LogP contribution in [0.15, 0.2) is 22.7 Å². The number of aliphatic carboxylic acids is 1. The highest BCUT2D eigenvalue weighted by Gasteiger charge is 2.22. The highest BCUT2D eigenvalue weighted by molar-refractivity contribution is 9.10. The molecule has 0 unspecified atom stereocenters. The van der Waals surface area contributed by atoms with Crippen molar-refractivity contribution < 1.29 is 19.6 Å². The summed E-state index contributed by atoms with van der Waals surface area (Å²) in [5, 5.41) is 22.1. The van der Waals surface area contributed by atoms with Crippen molar-refractivity contribution in [2.75, 3.05) is 0 Å². The van der Waals surface area contributed by atoms with E-state index >= 15 is 0 Å². The van der Waals surface area contributed by atoms with Crippen LogP contribution in [0.3, 0.4) is 0 Å². The van der Waals surface area contributed by atoms with Crippen molar-refractivity contribution in [3.63, 3.8) is 0 Å². The van der Waals surface area contributed by atoms with Crippen LogP contribution in [0.1, 0.15) is 36.5 Å². The van der Waals surface area contributed by atoms with Crippen LogP contribution in [0.4, 0.5) is 5.69 Å². The minimum Gasteiger partial charge on any atom is -0.480 e. The number of nitro groups is 1. The summed E-state index contributed by atoms with van der Waals surface area (Å²) in [6.07, 6.45) is 1.84. The van der Waals surface area contributed by atoms with Crippen molar-refractivity contribution >= 4 is 33.5 Å². The number of hydrogen-bond donors (Lipinski definition) is 2. The van der Waals surface area contributed by atoms with Crippen molar-refractivity contribution in [2.24, 2.45) is 0 Å². The van der Waals surface area contributed by atoms with Gasteiger partial charge in [0.1, 0.15) is 6.04 Å². The van der Waals surface area contributed by atoms with Gasteiger partial charge in [-0.3, -0.25) is 14.9 Å². The van der Waals surface area contributed by atoms with E-state index in [1.54, 1.807) is 0 Å². The van der Waals surface area contributed by atoms with Gasteiger partial charge in [0.15, 0.2) is 0 Å². The lowest BCUT2D eigenvalue weighted by molar-refractivity contribution is -0.384. The molecule has 0 saturated carbocycles. The van der Waals surface area contributed by atoms with Crippen LogP contribution in [0, 0.1) is 10.1 Å². The lowest BCUT2D eigenvalue weighted by Crippen LogP contribution is -2.40. The van der Waals surface area contributed by atoms with Gasteiger partial charge in [-0.05, 0) is 28.4 Å². The monoisotopic (exact) mass is 358 g/mol. The zero-order chi connectivity index (χ0) is 16.0. The van der Waals surface area contributed by atoms with E-state index in [0.717, 1.165) is 6.42 Å². The molecule has 0 aliphatic carbocycles. The summed E-state index contributed by atoms with van der Waals surface area (Å²) in [6, 6.07) is 2.72. The highest BCUT2D eigenvalue weighted by atomic mass is 79.9. The molecule has 0 saturated heterocycles. The van der Waals surface area contributed by atoms with Gasteiger partial charge in [-0.1, -0.05) is 19.8 Å². The zero-order valence-corrected chi connectivity index (χ0v) is 12.9. The van der Waals surface area contributed by atoms with Gasteiger partial charge in [0.25, 0.3) is 11.6 Å². The normalized spacial score (nSPS) is 11.7. The van der Waals surface area contributed by atoms with Crippen LogP contribution in [0.5, 0.6) is 0 Å². The van der Waals surface area contributed by atoms with E-state index in [-0.39, 0.29) is 15.7 Å². The first-order valence-corrected chi connectivity index (χ1v) is 7.13. The molecule has 0 fully saturated rings. The van der Waals surface area contributed by atoms with E-state index in [0.29, 0.717) is 12.8 Å². The molecule has 1 atom stereocenters. The fourth-order valence-corrected chi connectivity index (χ4v) is 2.25. The molecule has 21 heavy (non-hydrogen) atoms. The first kappa shape index (κ1) is 17.1. The molecule has 114 valence electrons. The number of amides is 1. The number of carboxylic acids is 1. The van der Waals surface area contributed by atoms with Crippen molar-refractivity contribution in [1.82, 2.24) is 5.32 Å². The Hall–Kier alpha value is -1.96. The van der Waals surface area contributed by atoms with Crippen molar-refractivity contribution in [2.45, 2.75) is 32.2 Å². The highest BCUT2D eigenvalue weighted by Crippen LogP contribution is 2.23. The second-order valence-electron chi connectivity index (χ2n) is 4.43. The number of carbonyl (C=O) groups is 2. The number of nitrogens with one attached hydrogen (secondary N) is 1. The molecular weight excluding hydrogens is 344 g/mol. The van der Waals surface area contributed by atoms with Gasteiger partial charge < -0.3 is 10.4 Å². The van der Waals surface area contributed by atoms with Crippen molar-refractivity contribution in [1.29, 1.82) is 0 Å². The summed E-state index contributed by atoms with van der Waals surface area (Å²) >= 11 is 3.08. The van der Waals surface area contributed by atoms with Gasteiger partial charge in [-0.15, -0.1) is 0 Å². The van der Waals surface area contributed by atoms with E-state index in [1.807, 2.05) is 6.92 Å². The third-order valence-electron chi connectivity index (χ3n) is 2.86. The van der Waals surface area contributed by atoms with Crippen molar-refractivity contribution in [3.05, 3.63) is 38.3 Å². The number of unbranched alkanes of at least 4 members (excludes halogenated alkanes) is 1. The number of benzene rings is 1. The average molecular weight is 359 g/mol. The predicted octanol–water partition coefficient (Wildman–Crippen LogP) is 2.73. The van der Waals surface area contributed by atoms with Crippen LogP contribution in [0.25, 0.3) is 0 Å². The van der Waals surface area contributed by atoms with E-state index in [2.05, 4.69) is 21.2 Å². The number of nitrogens with zero attached hydrogens (tertiary/aromatic N) is 1. The maximum Gasteiger partial charge on any atom is 0.326 e. The maximum absolute atomic E-state index is 12.1. The largest absolute Gasteiger partial charge is 0.480 e. The van der Waals surface area contributed by atoms with Crippen LogP contribution in [-0.2, 0) is 4.79 Å². The van der Waals surface area contributed by atoms with E-state index < -0.39 is 22.8 Å². The number of non-ortho nitro benzene ring substituents is 1. The molecule has 1 aromatic carbocycles. The summed E-state index contributed by atoms with van der Waals surface area (Å²) in [6.45, 7) is 1.92. The smallest absolute Gasteiger partial charge is 0.326 e. The molecule has 0 spiro atoms. The molecule has 2 N–H and O–H groups in total. The Bertz CT molecular complexity index is 561. The van der Waals surface area contributed by atoms with Gasteiger partial charge in [0.2, 0.25) is 0 Å². The minimum atomic E-state index is -1.10. The number of nitro benzene ring substituents is 1. The van der Waals surface area contributed by atoms with E-state index in [4.69, 9.17) is 5.11 Å². The second kappa shape index (κ2) is 7.72. The average Bonchev–Trinajstić information content (AvgIpc) is 2.42. The summed E-state index contributed by atoms with van der Waals surface area (Å²) in [4.78, 5) is 33.2. The number of carboxylic acid groups (broad SMARTS) is 1. The number of rotatable bonds is 7. The molecule has 0 radical (unpaired) electrons. The van der Waals surface area contributed by atoms with E-state index in [1.165, 1.54) is 18.2 Å². The third kappa shape index (κ3) is 4.82. The Kier molecular flexibility index (Phi) is 6.29. The molecule has 0 bridgehead atoms. The Balaban J connectivity index is 2.87. The zero-order valence-electron chi connectivity index (χ0n) is 11.3. The van der Waals surface area contributed by atoms with Crippen LogP contribution >= 0.6 is 15.9 Å². The van der Waals surface area contributed by atoms with Gasteiger partial charge in [-0.2, -0.15) is 0 Å². The minimum absolute atomic E-state index is 0.154. The fourth-order valence-electron chi connectivity index (χ4n) is 1.70. The summed E-state index contributed by atoms with van der Waals surface area (Å²) in [5.74, 6) is -1.69. The molecule has 0 aliphatic rings. The first-order valence-electron chi connectivity index (χ1n) is 6.34. The molecule has 7 nitrogen and oxygen atoms in total. The topological polar surface area (TPSA) is 110 Å². The Labute approximate surface area is 129 Å². The lowest BCUT2D eigenvalue weighted by Gasteiger charge is -2.14. The van der Waals surface area contributed by atoms with Crippen LogP contribution < -0.4 is 5.32 Å². The molecule has 0 aromatic heterocycles. The maximum atomic E-state index is 12.1. The molecule has 8 heteroatoms. The molecule has 1 aromatic rings. The second-order valence-corrected chi connectivity index (χ2v) is 5.28. The Morgan fingerprint density at radius 1 is 1.48 bits per heavy atom. The fraction of sp³-hybridized carbons (Fsp3) is 0.385. The number of hydrogen-bond acceptors (Lipinski definition) is 4.